The molecule has 2 saturated heterocycles. The van der Waals surface area contributed by atoms with Gasteiger partial charge in [-0.05, 0) is 55.2 Å². The third-order valence-corrected chi connectivity index (χ3v) is 8.06. The number of aromatic nitrogens is 4. The number of benzene rings is 1. The standard InChI is InChI=1S/C29H35N9O5/c30-18-6-4-17(5-7-18)14-32-29(42)37-12-10-16(11-13-37)2-1-3-20-35-25(31)21-26(36-20)38(15-33-21)28-23(40)22(39)24(43-28)27(41)34-19-8-9-19/h4-7,15-16,19,22-24,28,39-40H,2,8-14,30H2,(H,32,42)(H,34,41)(H2,31,35,36)/t22-,23+,24-,28+/m0/s1. The number of likely N-dealkylation sites (tertiary alicyclic amines) is 1. The second-order valence-corrected chi connectivity index (χ2v) is 11.3. The monoisotopic (exact) mass is 589 g/mol. The number of fused-ring (bicyclic) bond motifs is 1. The SMILES string of the molecule is Nc1ccc(CNC(=O)N2CCC(CC#Cc3nc(N)c4ncn([C@@H]5O[C@H](C(=O)NC6CC6)[C@@H](O)[C@H]5O)c4n3)CC2)cc1. The zero-order valence-corrected chi connectivity index (χ0v) is 23.5. The highest BCUT2D eigenvalue weighted by Crippen LogP contribution is 2.33. The summed E-state index contributed by atoms with van der Waals surface area (Å²) in [5, 5.41) is 26.9. The highest BCUT2D eigenvalue weighted by molar-refractivity contribution is 5.83. The summed E-state index contributed by atoms with van der Waals surface area (Å²) in [6.07, 6.45) is 0.288. The predicted molar refractivity (Wildman–Crippen MR) is 156 cm³/mol. The Bertz CT molecular complexity index is 1550. The van der Waals surface area contributed by atoms with E-state index in [1.54, 1.807) is 0 Å². The second kappa shape index (κ2) is 12.0. The van der Waals surface area contributed by atoms with Crippen LogP contribution in [0.25, 0.3) is 11.2 Å². The number of hydrogen-bond acceptors (Lipinski definition) is 10. The van der Waals surface area contributed by atoms with Gasteiger partial charge in [-0.15, -0.1) is 0 Å². The third kappa shape index (κ3) is 6.34. The van der Waals surface area contributed by atoms with Gasteiger partial charge in [-0.1, -0.05) is 18.1 Å². The summed E-state index contributed by atoms with van der Waals surface area (Å²) in [4.78, 5) is 39.9. The maximum atomic E-state index is 12.6. The molecule has 1 aromatic carbocycles. The van der Waals surface area contributed by atoms with E-state index in [0.717, 1.165) is 31.2 Å². The van der Waals surface area contributed by atoms with Crippen molar-refractivity contribution >= 4 is 34.6 Å². The van der Waals surface area contributed by atoms with E-state index in [0.29, 0.717) is 43.2 Å². The third-order valence-electron chi connectivity index (χ3n) is 8.06. The van der Waals surface area contributed by atoms with Gasteiger partial charge in [-0.3, -0.25) is 9.36 Å². The van der Waals surface area contributed by atoms with Crippen molar-refractivity contribution in [2.24, 2.45) is 5.92 Å². The first-order valence-electron chi connectivity index (χ1n) is 14.4. The number of piperidine rings is 1. The molecule has 2 aromatic heterocycles. The van der Waals surface area contributed by atoms with Gasteiger partial charge in [0.1, 0.15) is 17.7 Å². The van der Waals surface area contributed by atoms with Crippen LogP contribution in [0, 0.1) is 17.8 Å². The van der Waals surface area contributed by atoms with Crippen molar-refractivity contribution in [2.45, 2.75) is 69.2 Å². The minimum Gasteiger partial charge on any atom is -0.399 e. The highest BCUT2D eigenvalue weighted by Gasteiger charge is 2.48. The van der Waals surface area contributed by atoms with E-state index in [1.807, 2.05) is 29.2 Å². The van der Waals surface area contributed by atoms with E-state index >= 15 is 0 Å². The molecule has 2 aliphatic heterocycles. The summed E-state index contributed by atoms with van der Waals surface area (Å²) in [7, 11) is 0. The Hall–Kier alpha value is -4.45. The number of carbonyl (C=O) groups excluding carboxylic acids is 2. The molecule has 0 unspecified atom stereocenters. The highest BCUT2D eigenvalue weighted by atomic mass is 16.6. The lowest BCUT2D eigenvalue weighted by Gasteiger charge is -2.31. The predicted octanol–water partition coefficient (Wildman–Crippen LogP) is 0.252. The number of anilines is 2. The maximum absolute atomic E-state index is 12.6. The molecule has 43 heavy (non-hydrogen) atoms. The van der Waals surface area contributed by atoms with E-state index < -0.39 is 30.4 Å². The topological polar surface area (TPSA) is 207 Å². The zero-order valence-electron chi connectivity index (χ0n) is 23.5. The average molecular weight is 590 g/mol. The van der Waals surface area contributed by atoms with E-state index in [1.165, 1.54) is 10.9 Å². The molecule has 14 nitrogen and oxygen atoms in total. The fourth-order valence-electron chi connectivity index (χ4n) is 5.34. The van der Waals surface area contributed by atoms with Crippen LogP contribution in [0.2, 0.25) is 0 Å². The van der Waals surface area contributed by atoms with Gasteiger partial charge < -0.3 is 42.0 Å². The van der Waals surface area contributed by atoms with Crippen molar-refractivity contribution in [1.29, 1.82) is 0 Å². The lowest BCUT2D eigenvalue weighted by molar-refractivity contribution is -0.137. The number of nitrogens with zero attached hydrogens (tertiary/aromatic N) is 5. The van der Waals surface area contributed by atoms with Gasteiger partial charge in [0.2, 0.25) is 5.82 Å². The molecule has 4 atom stereocenters. The Labute approximate surface area is 247 Å². The van der Waals surface area contributed by atoms with Gasteiger partial charge in [0.15, 0.2) is 23.8 Å². The van der Waals surface area contributed by atoms with Crippen LogP contribution in [-0.4, -0.2) is 84.0 Å². The van der Waals surface area contributed by atoms with Crippen LogP contribution in [0.3, 0.4) is 0 Å². The maximum Gasteiger partial charge on any atom is 0.317 e. The van der Waals surface area contributed by atoms with E-state index in [9.17, 15) is 19.8 Å². The number of nitrogens with one attached hydrogen (secondary N) is 2. The van der Waals surface area contributed by atoms with Crippen molar-refractivity contribution in [3.8, 4) is 11.8 Å². The smallest absolute Gasteiger partial charge is 0.317 e. The minimum atomic E-state index is -1.42. The van der Waals surface area contributed by atoms with Crippen molar-refractivity contribution < 1.29 is 24.5 Å². The number of carbonyl (C=O) groups is 2. The summed E-state index contributed by atoms with van der Waals surface area (Å²) in [6.45, 7) is 1.73. The number of aliphatic hydroxyl groups is 2. The minimum absolute atomic E-state index is 0.0835. The molecule has 14 heteroatoms. The van der Waals surface area contributed by atoms with Gasteiger partial charge >= 0.3 is 6.03 Å². The van der Waals surface area contributed by atoms with Crippen LogP contribution in [-0.2, 0) is 16.1 Å². The molecule has 4 heterocycles. The first-order chi connectivity index (χ1) is 20.8. The van der Waals surface area contributed by atoms with Gasteiger partial charge in [0.25, 0.3) is 5.91 Å². The Balaban J connectivity index is 1.05. The Kier molecular flexibility index (Phi) is 8.02. The molecule has 8 N–H and O–H groups in total. The largest absolute Gasteiger partial charge is 0.399 e. The number of aliphatic hydroxyl groups excluding tert-OH is 2. The number of nitrogens with two attached hydrogens (primary N) is 2. The van der Waals surface area contributed by atoms with Crippen molar-refractivity contribution in [1.82, 2.24) is 35.1 Å². The quantitative estimate of drug-likeness (QED) is 0.171. The molecule has 3 fully saturated rings. The first kappa shape index (κ1) is 28.7. The van der Waals surface area contributed by atoms with Crippen LogP contribution in [0.15, 0.2) is 30.6 Å². The average Bonchev–Trinajstić information content (AvgIpc) is 3.64. The lowest BCUT2D eigenvalue weighted by Crippen LogP contribution is -2.44. The van der Waals surface area contributed by atoms with Crippen molar-refractivity contribution in [3.05, 3.63) is 42.0 Å². The summed E-state index contributed by atoms with van der Waals surface area (Å²) < 4.78 is 7.21. The summed E-state index contributed by atoms with van der Waals surface area (Å²) in [5.41, 5.74) is 14.1. The lowest BCUT2D eigenvalue weighted by atomic mass is 9.94. The summed E-state index contributed by atoms with van der Waals surface area (Å²) in [6, 6.07) is 7.41. The Morgan fingerprint density at radius 3 is 2.51 bits per heavy atom. The molecule has 0 radical (unpaired) electrons. The number of rotatable bonds is 6. The van der Waals surface area contributed by atoms with Crippen LogP contribution in [0.5, 0.6) is 0 Å². The van der Waals surface area contributed by atoms with Crippen molar-refractivity contribution in [3.63, 3.8) is 0 Å². The molecule has 226 valence electrons. The van der Waals surface area contributed by atoms with Gasteiger partial charge in [-0.2, -0.15) is 0 Å². The van der Waals surface area contributed by atoms with Crippen LogP contribution in [0.4, 0.5) is 16.3 Å². The number of hydrogen-bond donors (Lipinski definition) is 6. The van der Waals surface area contributed by atoms with Gasteiger partial charge in [0.05, 0.1) is 6.33 Å². The molecule has 3 aromatic rings. The molecule has 3 amide bonds. The molecule has 3 aliphatic rings. The Morgan fingerprint density at radius 1 is 1.05 bits per heavy atom. The molecule has 0 spiro atoms. The zero-order chi connectivity index (χ0) is 30.1. The fraction of sp³-hybridized carbons (Fsp3) is 0.483. The fourth-order valence-corrected chi connectivity index (χ4v) is 5.34. The Morgan fingerprint density at radius 2 is 1.79 bits per heavy atom. The second-order valence-electron chi connectivity index (χ2n) is 11.3. The van der Waals surface area contributed by atoms with Crippen LogP contribution < -0.4 is 22.1 Å². The van der Waals surface area contributed by atoms with Crippen molar-refractivity contribution in [2.75, 3.05) is 24.6 Å². The number of nitrogen functional groups attached to an aromatic ring is 2. The van der Waals surface area contributed by atoms with Crippen LogP contribution in [0.1, 0.15) is 49.7 Å². The summed E-state index contributed by atoms with van der Waals surface area (Å²) in [5.74, 6) is 6.26. The van der Waals surface area contributed by atoms with Gasteiger partial charge in [0, 0.05) is 37.8 Å². The number of imidazole rings is 1. The van der Waals surface area contributed by atoms with E-state index in [-0.39, 0.29) is 29.4 Å². The van der Waals surface area contributed by atoms with E-state index in [2.05, 4.69) is 37.4 Å². The number of ether oxygens (including phenoxy) is 1. The normalized spacial score (nSPS) is 24.0. The van der Waals surface area contributed by atoms with E-state index in [4.69, 9.17) is 16.2 Å². The van der Waals surface area contributed by atoms with Gasteiger partial charge in [-0.25, -0.2) is 19.7 Å². The molecule has 6 rings (SSSR count). The molecular formula is C29H35N9O5. The molecule has 1 aliphatic carbocycles. The van der Waals surface area contributed by atoms with Crippen LogP contribution >= 0.6 is 0 Å². The number of urea groups is 1. The molecule has 1 saturated carbocycles. The summed E-state index contributed by atoms with van der Waals surface area (Å²) >= 11 is 0. The first-order valence-corrected chi connectivity index (χ1v) is 14.4. The number of amides is 3. The molecular weight excluding hydrogens is 554 g/mol. The molecule has 0 bridgehead atoms.